The van der Waals surface area contributed by atoms with Crippen molar-refractivity contribution in [3.63, 3.8) is 0 Å². The molecule has 0 radical (unpaired) electrons. The second-order valence-corrected chi connectivity index (χ2v) is 5.65. The second kappa shape index (κ2) is 7.26. The van der Waals surface area contributed by atoms with E-state index in [1.54, 1.807) is 0 Å². The summed E-state index contributed by atoms with van der Waals surface area (Å²) in [6.07, 6.45) is 1.10. The van der Waals surface area contributed by atoms with Gasteiger partial charge in [-0.1, -0.05) is 12.1 Å². The van der Waals surface area contributed by atoms with Gasteiger partial charge in [0.25, 0.3) is 0 Å². The van der Waals surface area contributed by atoms with Crippen LogP contribution < -0.4 is 10.6 Å². The number of nitrogens with one attached hydrogen (secondary N) is 2. The Labute approximate surface area is 115 Å². The number of anilines is 1. The van der Waals surface area contributed by atoms with Crippen molar-refractivity contribution in [2.24, 2.45) is 0 Å². The molecule has 0 fully saturated rings. The summed E-state index contributed by atoms with van der Waals surface area (Å²) >= 11 is 0. The number of carbonyl (C=O) groups is 1. The van der Waals surface area contributed by atoms with E-state index in [1.807, 2.05) is 24.3 Å². The Balaban J connectivity index is 2.35. The Kier molecular flexibility index (Phi) is 5.99. The van der Waals surface area contributed by atoms with E-state index in [9.17, 15) is 4.79 Å². The minimum absolute atomic E-state index is 0.00616. The summed E-state index contributed by atoms with van der Waals surface area (Å²) in [5, 5.41) is 15.0. The molecule has 4 heteroatoms. The van der Waals surface area contributed by atoms with Gasteiger partial charge in [0, 0.05) is 30.8 Å². The first kappa shape index (κ1) is 15.7. The Hall–Kier alpha value is -1.39. The minimum atomic E-state index is 0.00616. The smallest absolute Gasteiger partial charge is 0.225 e. The van der Waals surface area contributed by atoms with Gasteiger partial charge >= 0.3 is 0 Å². The molecule has 0 unspecified atom stereocenters. The highest BCUT2D eigenvalue weighted by atomic mass is 16.2. The second-order valence-electron chi connectivity index (χ2n) is 5.65. The number of hydrogen-bond donors (Lipinski definition) is 3. The van der Waals surface area contributed by atoms with Crippen LogP contribution >= 0.6 is 0 Å². The highest BCUT2D eigenvalue weighted by Gasteiger charge is 2.09. The summed E-state index contributed by atoms with van der Waals surface area (Å²) in [5.74, 6) is 0.00616. The molecule has 0 saturated heterocycles. The van der Waals surface area contributed by atoms with Gasteiger partial charge in [0.1, 0.15) is 0 Å². The van der Waals surface area contributed by atoms with E-state index in [4.69, 9.17) is 5.11 Å². The highest BCUT2D eigenvalue weighted by Crippen LogP contribution is 2.10. The van der Waals surface area contributed by atoms with E-state index in [0.29, 0.717) is 19.4 Å². The van der Waals surface area contributed by atoms with Crippen LogP contribution in [0.15, 0.2) is 24.3 Å². The van der Waals surface area contributed by atoms with Gasteiger partial charge in [0.2, 0.25) is 5.91 Å². The van der Waals surface area contributed by atoms with Crippen molar-refractivity contribution >= 4 is 11.6 Å². The zero-order valence-corrected chi connectivity index (χ0v) is 12.0. The molecule has 1 amide bonds. The zero-order valence-electron chi connectivity index (χ0n) is 12.0. The predicted octanol–water partition coefficient (Wildman–Crippen LogP) is 1.94. The molecule has 1 aromatic carbocycles. The summed E-state index contributed by atoms with van der Waals surface area (Å²) in [6, 6.07) is 7.55. The lowest BCUT2D eigenvalue weighted by molar-refractivity contribution is -0.116. The fourth-order valence-corrected chi connectivity index (χ4v) is 1.66. The maximum atomic E-state index is 11.7. The van der Waals surface area contributed by atoms with Crippen molar-refractivity contribution in [1.29, 1.82) is 0 Å². The topological polar surface area (TPSA) is 61.4 Å². The molecule has 0 aliphatic rings. The number of amides is 1. The molecule has 106 valence electrons. The molecule has 0 aliphatic carbocycles. The summed E-state index contributed by atoms with van der Waals surface area (Å²) in [6.45, 7) is 7.03. The van der Waals surface area contributed by atoms with Gasteiger partial charge in [-0.05, 0) is 44.9 Å². The molecular formula is C15H24N2O2. The predicted molar refractivity (Wildman–Crippen MR) is 78.2 cm³/mol. The summed E-state index contributed by atoms with van der Waals surface area (Å²) in [4.78, 5) is 11.7. The molecule has 0 bridgehead atoms. The summed E-state index contributed by atoms with van der Waals surface area (Å²) in [7, 11) is 0. The lowest BCUT2D eigenvalue weighted by Gasteiger charge is -2.20. The molecular weight excluding hydrogens is 240 g/mol. The molecule has 0 atom stereocenters. The molecule has 1 aromatic rings. The molecule has 0 spiro atoms. The van der Waals surface area contributed by atoms with E-state index in [1.165, 1.54) is 0 Å². The molecule has 1 rings (SSSR count). The quantitative estimate of drug-likeness (QED) is 0.736. The Morgan fingerprint density at radius 1 is 1.21 bits per heavy atom. The minimum Gasteiger partial charge on any atom is -0.396 e. The Morgan fingerprint density at radius 3 is 2.37 bits per heavy atom. The molecule has 0 aliphatic heterocycles. The molecule has 0 heterocycles. The third-order valence-electron chi connectivity index (χ3n) is 2.65. The number of aliphatic hydroxyl groups excluding tert-OH is 1. The average molecular weight is 264 g/mol. The molecule has 0 aromatic heterocycles. The standard InChI is InChI=1S/C15H24N2O2/c1-15(2,3)16-10-8-14(19)17-13-6-4-12(5-7-13)9-11-18/h4-7,16,18H,8-11H2,1-3H3,(H,17,19). The van der Waals surface area contributed by atoms with Crippen molar-refractivity contribution in [1.82, 2.24) is 5.32 Å². The van der Waals surface area contributed by atoms with Gasteiger partial charge in [-0.2, -0.15) is 0 Å². The van der Waals surface area contributed by atoms with Crippen molar-refractivity contribution in [3.05, 3.63) is 29.8 Å². The first-order chi connectivity index (χ1) is 8.90. The van der Waals surface area contributed by atoms with Crippen LogP contribution in [-0.2, 0) is 11.2 Å². The maximum absolute atomic E-state index is 11.7. The van der Waals surface area contributed by atoms with Crippen LogP contribution in [0, 0.1) is 0 Å². The van der Waals surface area contributed by atoms with Crippen molar-refractivity contribution in [3.8, 4) is 0 Å². The molecule has 4 nitrogen and oxygen atoms in total. The van der Waals surface area contributed by atoms with Crippen molar-refractivity contribution < 1.29 is 9.90 Å². The third kappa shape index (κ3) is 6.94. The number of benzene rings is 1. The lowest BCUT2D eigenvalue weighted by Crippen LogP contribution is -2.37. The SMILES string of the molecule is CC(C)(C)NCCC(=O)Nc1ccc(CCO)cc1. The first-order valence-corrected chi connectivity index (χ1v) is 6.65. The monoisotopic (exact) mass is 264 g/mol. The largest absolute Gasteiger partial charge is 0.396 e. The van der Waals surface area contributed by atoms with Crippen LogP contribution in [0.3, 0.4) is 0 Å². The molecule has 0 saturated carbocycles. The third-order valence-corrected chi connectivity index (χ3v) is 2.65. The number of hydrogen-bond acceptors (Lipinski definition) is 3. The van der Waals surface area contributed by atoms with Crippen LogP contribution in [0.4, 0.5) is 5.69 Å². The van der Waals surface area contributed by atoms with Crippen LogP contribution in [0.2, 0.25) is 0 Å². The van der Waals surface area contributed by atoms with Gasteiger partial charge < -0.3 is 15.7 Å². The zero-order chi connectivity index (χ0) is 14.3. The average Bonchev–Trinajstić information content (AvgIpc) is 2.30. The Morgan fingerprint density at radius 2 is 1.84 bits per heavy atom. The molecule has 3 N–H and O–H groups in total. The van der Waals surface area contributed by atoms with Crippen LogP contribution in [0.1, 0.15) is 32.8 Å². The van der Waals surface area contributed by atoms with Crippen molar-refractivity contribution in [2.45, 2.75) is 39.2 Å². The highest BCUT2D eigenvalue weighted by molar-refractivity contribution is 5.90. The number of aliphatic hydroxyl groups is 1. The summed E-state index contributed by atoms with van der Waals surface area (Å²) < 4.78 is 0. The van der Waals surface area contributed by atoms with Crippen LogP contribution in [0.5, 0.6) is 0 Å². The number of rotatable bonds is 6. The maximum Gasteiger partial charge on any atom is 0.225 e. The van der Waals surface area contributed by atoms with Gasteiger partial charge in [0.05, 0.1) is 0 Å². The van der Waals surface area contributed by atoms with Gasteiger partial charge in [0.15, 0.2) is 0 Å². The summed E-state index contributed by atoms with van der Waals surface area (Å²) in [5.41, 5.74) is 1.89. The fraction of sp³-hybridized carbons (Fsp3) is 0.533. The van der Waals surface area contributed by atoms with Gasteiger partial charge in [-0.25, -0.2) is 0 Å². The van der Waals surface area contributed by atoms with E-state index < -0.39 is 0 Å². The van der Waals surface area contributed by atoms with E-state index in [2.05, 4.69) is 31.4 Å². The lowest BCUT2D eigenvalue weighted by atomic mass is 10.1. The Bertz CT molecular complexity index is 394. The van der Waals surface area contributed by atoms with Crippen LogP contribution in [0.25, 0.3) is 0 Å². The molecule has 19 heavy (non-hydrogen) atoms. The van der Waals surface area contributed by atoms with E-state index in [-0.39, 0.29) is 18.1 Å². The van der Waals surface area contributed by atoms with E-state index >= 15 is 0 Å². The fourth-order valence-electron chi connectivity index (χ4n) is 1.66. The number of carbonyl (C=O) groups excluding carboxylic acids is 1. The van der Waals surface area contributed by atoms with E-state index in [0.717, 1.165) is 11.3 Å². The first-order valence-electron chi connectivity index (χ1n) is 6.65. The van der Waals surface area contributed by atoms with Crippen molar-refractivity contribution in [2.75, 3.05) is 18.5 Å². The van der Waals surface area contributed by atoms with Gasteiger partial charge in [-0.3, -0.25) is 4.79 Å². The van der Waals surface area contributed by atoms with Gasteiger partial charge in [-0.15, -0.1) is 0 Å². The van der Waals surface area contributed by atoms with Crippen LogP contribution in [-0.4, -0.2) is 29.7 Å². The normalized spacial score (nSPS) is 11.4.